The fraction of sp³-hybridized carbons (Fsp3) is 0.595. The predicted octanol–water partition coefficient (Wildman–Crippen LogP) is 8.14. The second kappa shape index (κ2) is 15.5. The zero-order valence-electron chi connectivity index (χ0n) is 29.8. The van der Waals surface area contributed by atoms with E-state index in [0.717, 1.165) is 28.7 Å². The SMILES string of the molecule is Cc1cc(C)c(C(C)(C)CCO[Si](C)(C)C(C)(C)C)c(OC(=O)CCCC(=O)NC(Cc2ccccc2)C(=O)OC(C)(C)C)c1. The van der Waals surface area contributed by atoms with E-state index in [1.807, 2.05) is 43.3 Å². The van der Waals surface area contributed by atoms with Gasteiger partial charge in [-0.3, -0.25) is 9.59 Å². The van der Waals surface area contributed by atoms with Crippen molar-refractivity contribution in [3.63, 3.8) is 0 Å². The molecule has 2 aromatic carbocycles. The number of hydrogen-bond donors (Lipinski definition) is 1. The van der Waals surface area contributed by atoms with Crippen molar-refractivity contribution in [2.75, 3.05) is 6.61 Å². The molecule has 1 atom stereocenters. The van der Waals surface area contributed by atoms with Crippen molar-refractivity contribution in [3.05, 3.63) is 64.7 Å². The third-order valence-corrected chi connectivity index (χ3v) is 13.0. The molecule has 1 unspecified atom stereocenters. The molecule has 2 rings (SSSR count). The fourth-order valence-corrected chi connectivity index (χ4v) is 6.07. The largest absolute Gasteiger partial charge is 0.458 e. The van der Waals surface area contributed by atoms with Crippen LogP contribution in [0.3, 0.4) is 0 Å². The molecule has 0 aliphatic carbocycles. The van der Waals surface area contributed by atoms with Gasteiger partial charge in [-0.2, -0.15) is 0 Å². The van der Waals surface area contributed by atoms with Gasteiger partial charge in [-0.1, -0.05) is 71.0 Å². The summed E-state index contributed by atoms with van der Waals surface area (Å²) in [7, 11) is -1.88. The number of rotatable bonds is 14. The van der Waals surface area contributed by atoms with Gasteiger partial charge in [0.1, 0.15) is 17.4 Å². The van der Waals surface area contributed by atoms with Crippen LogP contribution >= 0.6 is 0 Å². The maximum Gasteiger partial charge on any atom is 0.329 e. The zero-order valence-corrected chi connectivity index (χ0v) is 30.8. The summed E-state index contributed by atoms with van der Waals surface area (Å²) in [6.07, 6.45) is 1.55. The van der Waals surface area contributed by atoms with Crippen molar-refractivity contribution in [1.82, 2.24) is 5.32 Å². The van der Waals surface area contributed by atoms with E-state index in [0.29, 0.717) is 25.2 Å². The number of carbonyl (C=O) groups excluding carboxylic acids is 3. The average Bonchev–Trinajstić information content (AvgIpc) is 2.86. The van der Waals surface area contributed by atoms with Gasteiger partial charge in [0.05, 0.1) is 0 Å². The molecule has 1 amide bonds. The minimum absolute atomic E-state index is 0.0740. The van der Waals surface area contributed by atoms with Crippen LogP contribution in [0.15, 0.2) is 42.5 Å². The summed E-state index contributed by atoms with van der Waals surface area (Å²) >= 11 is 0. The first kappa shape index (κ1) is 38.2. The molecule has 0 fully saturated rings. The minimum atomic E-state index is -1.88. The van der Waals surface area contributed by atoms with E-state index in [4.69, 9.17) is 13.9 Å². The second-order valence-electron chi connectivity index (χ2n) is 15.4. The second-order valence-corrected chi connectivity index (χ2v) is 20.2. The molecule has 1 N–H and O–H groups in total. The molecule has 7 nitrogen and oxygen atoms in total. The first-order valence-electron chi connectivity index (χ1n) is 16.1. The van der Waals surface area contributed by atoms with Crippen LogP contribution in [0.1, 0.15) is 103 Å². The Bertz CT molecular complexity index is 1300. The number of esters is 2. The smallest absolute Gasteiger partial charge is 0.329 e. The molecule has 250 valence electrons. The highest BCUT2D eigenvalue weighted by atomic mass is 28.4. The fourth-order valence-electron chi connectivity index (χ4n) is 5.03. The van der Waals surface area contributed by atoms with E-state index < -0.39 is 31.9 Å². The third-order valence-electron chi connectivity index (χ3n) is 8.43. The number of amides is 1. The van der Waals surface area contributed by atoms with Gasteiger partial charge in [-0.25, -0.2) is 4.79 Å². The third kappa shape index (κ3) is 12.4. The van der Waals surface area contributed by atoms with Crippen molar-refractivity contribution in [3.8, 4) is 5.75 Å². The van der Waals surface area contributed by atoms with Crippen LogP contribution in [0, 0.1) is 13.8 Å². The van der Waals surface area contributed by atoms with E-state index in [9.17, 15) is 14.4 Å². The van der Waals surface area contributed by atoms with Crippen molar-refractivity contribution in [2.24, 2.45) is 0 Å². The number of aryl methyl sites for hydroxylation is 2. The van der Waals surface area contributed by atoms with E-state index in [1.165, 1.54) is 0 Å². The van der Waals surface area contributed by atoms with Crippen LogP contribution in [-0.4, -0.2) is 44.4 Å². The molecule has 0 radical (unpaired) electrons. The van der Waals surface area contributed by atoms with Crippen LogP contribution in [0.5, 0.6) is 5.75 Å². The van der Waals surface area contributed by atoms with Crippen molar-refractivity contribution in [2.45, 2.75) is 137 Å². The van der Waals surface area contributed by atoms with Crippen LogP contribution in [0.4, 0.5) is 0 Å². The van der Waals surface area contributed by atoms with E-state index in [1.54, 1.807) is 20.8 Å². The minimum Gasteiger partial charge on any atom is -0.458 e. The molecule has 0 aliphatic rings. The number of hydrogen-bond acceptors (Lipinski definition) is 6. The summed E-state index contributed by atoms with van der Waals surface area (Å²) in [5.41, 5.74) is 3.03. The van der Waals surface area contributed by atoms with Gasteiger partial charge in [0.25, 0.3) is 0 Å². The summed E-state index contributed by atoms with van der Waals surface area (Å²) in [6.45, 7) is 25.6. The molecule has 2 aromatic rings. The van der Waals surface area contributed by atoms with Crippen molar-refractivity contribution in [1.29, 1.82) is 0 Å². The number of nitrogens with one attached hydrogen (secondary N) is 1. The Labute approximate surface area is 272 Å². The zero-order chi connectivity index (χ0) is 34.2. The maximum absolute atomic E-state index is 13.0. The molecule has 0 saturated heterocycles. The molecule has 0 spiro atoms. The molecule has 0 bridgehead atoms. The highest BCUT2D eigenvalue weighted by molar-refractivity contribution is 6.74. The molecule has 0 saturated carbocycles. The molecule has 0 aromatic heterocycles. The topological polar surface area (TPSA) is 90.9 Å². The average molecular weight is 640 g/mol. The summed E-state index contributed by atoms with van der Waals surface area (Å²) in [4.78, 5) is 38.8. The number of ether oxygens (including phenoxy) is 2. The summed E-state index contributed by atoms with van der Waals surface area (Å²) < 4.78 is 18.0. The number of carbonyl (C=O) groups is 3. The summed E-state index contributed by atoms with van der Waals surface area (Å²) in [5.74, 6) is -0.634. The van der Waals surface area contributed by atoms with Gasteiger partial charge >= 0.3 is 11.9 Å². The van der Waals surface area contributed by atoms with Gasteiger partial charge in [-0.05, 0) is 93.8 Å². The Kier molecular flexibility index (Phi) is 13.2. The Morgan fingerprint density at radius 3 is 2.09 bits per heavy atom. The van der Waals surface area contributed by atoms with Crippen LogP contribution in [0.2, 0.25) is 18.1 Å². The standard InChI is InChI=1S/C37H57NO6Si/c1-26-23-27(2)33(37(9,10)21-22-42-45(11,12)36(6,7)8)30(24-26)43-32(40)20-16-19-31(39)38-29(34(41)44-35(3,4)5)25-28-17-14-13-15-18-28/h13-15,17-18,23-24,29H,16,19-22,25H2,1-12H3,(H,38,39). The first-order valence-corrected chi connectivity index (χ1v) is 19.0. The molecule has 0 heterocycles. The van der Waals surface area contributed by atoms with Crippen LogP contribution in [0.25, 0.3) is 0 Å². The highest BCUT2D eigenvalue weighted by Crippen LogP contribution is 2.40. The van der Waals surface area contributed by atoms with E-state index in [2.05, 4.69) is 66.0 Å². The van der Waals surface area contributed by atoms with Crippen LogP contribution in [-0.2, 0) is 35.4 Å². The van der Waals surface area contributed by atoms with Crippen LogP contribution < -0.4 is 10.1 Å². The predicted molar refractivity (Wildman–Crippen MR) is 184 cm³/mol. The molecule has 0 aliphatic heterocycles. The highest BCUT2D eigenvalue weighted by Gasteiger charge is 2.38. The van der Waals surface area contributed by atoms with E-state index in [-0.39, 0.29) is 29.2 Å². The normalized spacial score (nSPS) is 13.2. The molecule has 8 heteroatoms. The summed E-state index contributed by atoms with van der Waals surface area (Å²) in [6, 6.07) is 12.7. The quantitative estimate of drug-likeness (QED) is 0.128. The van der Waals surface area contributed by atoms with Gasteiger partial charge in [0, 0.05) is 31.4 Å². The van der Waals surface area contributed by atoms with E-state index >= 15 is 0 Å². The van der Waals surface area contributed by atoms with Gasteiger partial charge in [0.2, 0.25) is 5.91 Å². The van der Waals surface area contributed by atoms with Crippen molar-refractivity contribution < 1.29 is 28.3 Å². The Hall–Kier alpha value is -2.97. The Morgan fingerprint density at radius 2 is 1.51 bits per heavy atom. The lowest BCUT2D eigenvalue weighted by Gasteiger charge is -2.37. The maximum atomic E-state index is 13.0. The lowest BCUT2D eigenvalue weighted by Crippen LogP contribution is -2.45. The molecule has 45 heavy (non-hydrogen) atoms. The number of benzene rings is 2. The first-order chi connectivity index (χ1) is 20.6. The Balaban J connectivity index is 2.04. The Morgan fingerprint density at radius 1 is 0.889 bits per heavy atom. The lowest BCUT2D eigenvalue weighted by molar-refractivity contribution is -0.158. The molecular weight excluding hydrogens is 582 g/mol. The van der Waals surface area contributed by atoms with Gasteiger partial charge in [-0.15, -0.1) is 0 Å². The summed E-state index contributed by atoms with van der Waals surface area (Å²) in [5, 5.41) is 2.95. The van der Waals surface area contributed by atoms with Gasteiger partial charge in [0.15, 0.2) is 8.32 Å². The van der Waals surface area contributed by atoms with Crippen molar-refractivity contribution >= 4 is 26.2 Å². The monoisotopic (exact) mass is 639 g/mol. The lowest BCUT2D eigenvalue weighted by atomic mass is 9.78. The molecular formula is C37H57NO6Si. The van der Waals surface area contributed by atoms with Gasteiger partial charge < -0.3 is 19.2 Å².